The van der Waals surface area contributed by atoms with Crippen molar-refractivity contribution in [2.24, 2.45) is 11.8 Å². The first-order valence-electron chi connectivity index (χ1n) is 5.00. The zero-order valence-corrected chi connectivity index (χ0v) is 9.47. The molecule has 6 nitrogen and oxygen atoms in total. The largest absolute Gasteiger partial charge is 0.480 e. The molecule has 1 aliphatic heterocycles. The van der Waals surface area contributed by atoms with Crippen LogP contribution in [0.3, 0.4) is 0 Å². The molecule has 0 aromatic rings. The molecule has 0 radical (unpaired) electrons. The summed E-state index contributed by atoms with van der Waals surface area (Å²) in [6.45, 7) is 3.06. The number of rotatable bonds is 4. The molecule has 90 valence electrons. The predicted octanol–water partition coefficient (Wildman–Crippen LogP) is -0.273. The van der Waals surface area contributed by atoms with Crippen LogP contribution in [0.2, 0.25) is 0 Å². The van der Waals surface area contributed by atoms with Crippen LogP contribution >= 0.6 is 0 Å². The van der Waals surface area contributed by atoms with Crippen molar-refractivity contribution in [1.82, 2.24) is 4.90 Å². The highest BCUT2D eigenvalue weighted by atomic mass is 16.5. The van der Waals surface area contributed by atoms with Crippen molar-refractivity contribution in [3.8, 4) is 0 Å². The third kappa shape index (κ3) is 1.92. The van der Waals surface area contributed by atoms with Gasteiger partial charge in [0, 0.05) is 18.9 Å². The van der Waals surface area contributed by atoms with Crippen molar-refractivity contribution in [3.63, 3.8) is 0 Å². The maximum atomic E-state index is 11.7. The normalized spacial score (nSPS) is 27.3. The summed E-state index contributed by atoms with van der Waals surface area (Å²) >= 11 is 0. The highest BCUT2D eigenvalue weighted by molar-refractivity contribution is 6.07. The van der Waals surface area contributed by atoms with E-state index in [4.69, 9.17) is 9.84 Å². The number of nitrogens with zero attached hydrogens (tertiary/aromatic N) is 1. The minimum atomic E-state index is -1.23. The molecule has 1 aliphatic rings. The molecule has 3 atom stereocenters. The monoisotopic (exact) mass is 229 g/mol. The van der Waals surface area contributed by atoms with Crippen molar-refractivity contribution >= 4 is 17.8 Å². The van der Waals surface area contributed by atoms with Gasteiger partial charge in [0.1, 0.15) is 0 Å². The van der Waals surface area contributed by atoms with Crippen molar-refractivity contribution in [2.75, 3.05) is 13.7 Å². The summed E-state index contributed by atoms with van der Waals surface area (Å²) in [6.07, 6.45) is 0. The molecule has 0 bridgehead atoms. The molecule has 1 rings (SSSR count). The van der Waals surface area contributed by atoms with Crippen molar-refractivity contribution in [2.45, 2.75) is 19.9 Å². The van der Waals surface area contributed by atoms with Crippen LogP contribution in [-0.2, 0) is 19.1 Å². The summed E-state index contributed by atoms with van der Waals surface area (Å²) in [5.41, 5.74) is 0. The van der Waals surface area contributed by atoms with E-state index in [2.05, 4.69) is 0 Å². The summed E-state index contributed by atoms with van der Waals surface area (Å²) in [4.78, 5) is 35.2. The number of aliphatic carboxylic acids is 1. The number of carboxylic acid groups (broad SMARTS) is 1. The molecule has 0 aromatic carbocycles. The Labute approximate surface area is 93.2 Å². The maximum Gasteiger partial charge on any atom is 0.329 e. The Morgan fingerprint density at radius 1 is 1.38 bits per heavy atom. The molecule has 0 spiro atoms. The first kappa shape index (κ1) is 12.6. The average molecular weight is 229 g/mol. The first-order valence-corrected chi connectivity index (χ1v) is 5.00. The zero-order chi connectivity index (χ0) is 12.5. The van der Waals surface area contributed by atoms with Crippen LogP contribution in [0.15, 0.2) is 0 Å². The molecule has 1 heterocycles. The Morgan fingerprint density at radius 3 is 2.12 bits per heavy atom. The number of methoxy groups -OCH3 is 1. The fourth-order valence-corrected chi connectivity index (χ4v) is 1.70. The number of amides is 2. The standard InChI is InChI=1S/C10H15NO5/c1-5-6(2)9(13)11(8(5)12)7(4-16-3)10(14)15/h5-7H,4H2,1-3H3,(H,14,15). The van der Waals surface area contributed by atoms with E-state index >= 15 is 0 Å². The maximum absolute atomic E-state index is 11.7. The number of ether oxygens (including phenoxy) is 1. The minimum absolute atomic E-state index is 0.188. The SMILES string of the molecule is COCC(C(=O)O)N1C(=O)C(C)C(C)C1=O. The second-order valence-electron chi connectivity index (χ2n) is 3.93. The molecule has 1 saturated heterocycles. The summed E-state index contributed by atoms with van der Waals surface area (Å²) in [6, 6.07) is -1.22. The number of likely N-dealkylation sites (tertiary alicyclic amines) is 1. The molecule has 0 aliphatic carbocycles. The van der Waals surface area contributed by atoms with Gasteiger partial charge in [-0.05, 0) is 0 Å². The van der Waals surface area contributed by atoms with Gasteiger partial charge in [-0.3, -0.25) is 14.5 Å². The van der Waals surface area contributed by atoms with E-state index < -0.39 is 35.7 Å². The molecule has 0 saturated carbocycles. The van der Waals surface area contributed by atoms with Crippen molar-refractivity contribution < 1.29 is 24.2 Å². The number of carbonyl (C=O) groups is 3. The van der Waals surface area contributed by atoms with Crippen LogP contribution in [0, 0.1) is 11.8 Å². The van der Waals surface area contributed by atoms with Crippen LogP contribution in [0.25, 0.3) is 0 Å². The Morgan fingerprint density at radius 2 is 1.81 bits per heavy atom. The Kier molecular flexibility index (Phi) is 3.64. The summed E-state index contributed by atoms with van der Waals surface area (Å²) < 4.78 is 4.72. The molecule has 3 unspecified atom stereocenters. The second-order valence-corrected chi connectivity index (χ2v) is 3.93. The van der Waals surface area contributed by atoms with Crippen LogP contribution in [0.5, 0.6) is 0 Å². The van der Waals surface area contributed by atoms with Gasteiger partial charge in [0.15, 0.2) is 6.04 Å². The van der Waals surface area contributed by atoms with Crippen LogP contribution in [0.4, 0.5) is 0 Å². The van der Waals surface area contributed by atoms with E-state index in [0.29, 0.717) is 0 Å². The lowest BCUT2D eigenvalue weighted by molar-refractivity contribution is -0.157. The number of carboxylic acids is 1. The van der Waals surface area contributed by atoms with Gasteiger partial charge in [-0.2, -0.15) is 0 Å². The van der Waals surface area contributed by atoms with E-state index in [1.54, 1.807) is 13.8 Å². The van der Waals surface area contributed by atoms with Gasteiger partial charge in [-0.1, -0.05) is 13.8 Å². The number of hydrogen-bond acceptors (Lipinski definition) is 4. The summed E-state index contributed by atoms with van der Waals surface area (Å²) in [5, 5.41) is 8.95. The molecule has 1 N–H and O–H groups in total. The number of carbonyl (C=O) groups excluding carboxylic acids is 2. The molecule has 6 heteroatoms. The van der Waals surface area contributed by atoms with Gasteiger partial charge in [0.2, 0.25) is 11.8 Å². The molecule has 16 heavy (non-hydrogen) atoms. The number of hydrogen-bond donors (Lipinski definition) is 1. The highest BCUT2D eigenvalue weighted by Gasteiger charge is 2.47. The lowest BCUT2D eigenvalue weighted by atomic mass is 10.00. The van der Waals surface area contributed by atoms with E-state index in [0.717, 1.165) is 4.90 Å². The van der Waals surface area contributed by atoms with Crippen molar-refractivity contribution in [3.05, 3.63) is 0 Å². The first-order chi connectivity index (χ1) is 7.41. The van der Waals surface area contributed by atoms with E-state index in [1.165, 1.54) is 7.11 Å². The van der Waals surface area contributed by atoms with Gasteiger partial charge in [0.05, 0.1) is 6.61 Å². The second kappa shape index (κ2) is 4.61. The average Bonchev–Trinajstić information content (AvgIpc) is 2.41. The Hall–Kier alpha value is -1.43. The molecular formula is C10H15NO5. The van der Waals surface area contributed by atoms with Crippen LogP contribution < -0.4 is 0 Å². The predicted molar refractivity (Wildman–Crippen MR) is 53.5 cm³/mol. The Balaban J connectivity index is 2.97. The van der Waals surface area contributed by atoms with Crippen molar-refractivity contribution in [1.29, 1.82) is 0 Å². The zero-order valence-electron chi connectivity index (χ0n) is 9.47. The molecule has 2 amide bonds. The van der Waals surface area contributed by atoms with Gasteiger partial charge >= 0.3 is 5.97 Å². The fraction of sp³-hybridized carbons (Fsp3) is 0.700. The lowest BCUT2D eigenvalue weighted by Crippen LogP contribution is -2.48. The lowest BCUT2D eigenvalue weighted by Gasteiger charge is -2.22. The van der Waals surface area contributed by atoms with Gasteiger partial charge in [0.25, 0.3) is 0 Å². The van der Waals surface area contributed by atoms with E-state index in [-0.39, 0.29) is 6.61 Å². The smallest absolute Gasteiger partial charge is 0.329 e. The van der Waals surface area contributed by atoms with Gasteiger partial charge < -0.3 is 9.84 Å². The molecular weight excluding hydrogens is 214 g/mol. The summed E-state index contributed by atoms with van der Waals surface area (Å²) in [5.74, 6) is -3.05. The minimum Gasteiger partial charge on any atom is -0.480 e. The topological polar surface area (TPSA) is 83.9 Å². The Bertz CT molecular complexity index is 307. The molecule has 0 aromatic heterocycles. The fourth-order valence-electron chi connectivity index (χ4n) is 1.70. The summed E-state index contributed by atoms with van der Waals surface area (Å²) in [7, 11) is 1.33. The van der Waals surface area contributed by atoms with Gasteiger partial charge in [-0.25, -0.2) is 4.79 Å². The van der Waals surface area contributed by atoms with Crippen LogP contribution in [-0.4, -0.2) is 47.5 Å². The molecule has 1 fully saturated rings. The third-order valence-corrected chi connectivity index (χ3v) is 2.93. The third-order valence-electron chi connectivity index (χ3n) is 2.93. The van der Waals surface area contributed by atoms with Crippen LogP contribution in [0.1, 0.15) is 13.8 Å². The highest BCUT2D eigenvalue weighted by Crippen LogP contribution is 2.27. The van der Waals surface area contributed by atoms with E-state index in [9.17, 15) is 14.4 Å². The quantitative estimate of drug-likeness (QED) is 0.671. The number of imide groups is 1. The van der Waals surface area contributed by atoms with Gasteiger partial charge in [-0.15, -0.1) is 0 Å². The van der Waals surface area contributed by atoms with E-state index in [1.807, 2.05) is 0 Å².